The number of aryl methyl sites for hydroxylation is 1. The van der Waals surface area contributed by atoms with Gasteiger partial charge < -0.3 is 5.32 Å². The fraction of sp³-hybridized carbons (Fsp3) is 0.438. The molecule has 0 radical (unpaired) electrons. The lowest BCUT2D eigenvalue weighted by molar-refractivity contribution is 0.551. The highest BCUT2D eigenvalue weighted by atomic mass is 79.9. The molecule has 1 aromatic carbocycles. The van der Waals surface area contributed by atoms with Gasteiger partial charge in [-0.3, -0.25) is 0 Å². The number of halogens is 2. The molecule has 1 heterocycles. The maximum Gasteiger partial charge on any atom is 0.0880 e. The van der Waals surface area contributed by atoms with Gasteiger partial charge in [0.25, 0.3) is 0 Å². The summed E-state index contributed by atoms with van der Waals surface area (Å²) in [5.74, 6) is 0.621. The number of hydrogen-bond donors (Lipinski definition) is 1. The molecule has 0 saturated heterocycles. The highest BCUT2D eigenvalue weighted by Crippen LogP contribution is 2.29. The minimum atomic E-state index is 0.621. The molecule has 0 bridgehead atoms. The molecule has 21 heavy (non-hydrogen) atoms. The van der Waals surface area contributed by atoms with Gasteiger partial charge in [-0.25, -0.2) is 4.68 Å². The second-order valence-electron chi connectivity index (χ2n) is 5.67. The minimum absolute atomic E-state index is 0.621. The second kappa shape index (κ2) is 6.95. The number of nitrogens with one attached hydrogen (secondary N) is 1. The summed E-state index contributed by atoms with van der Waals surface area (Å²) in [5, 5.41) is 8.79. The molecule has 2 rings (SSSR count). The Morgan fingerprint density at radius 2 is 2.05 bits per heavy atom. The molecule has 3 nitrogen and oxygen atoms in total. The Hall–Kier alpha value is -0.840. The summed E-state index contributed by atoms with van der Waals surface area (Å²) in [6.07, 6.45) is 0. The molecule has 0 aliphatic heterocycles. The summed E-state index contributed by atoms with van der Waals surface area (Å²) < 4.78 is 2.96. The predicted octanol–water partition coefficient (Wildman–Crippen LogP) is 4.65. The third-order valence-electron chi connectivity index (χ3n) is 3.35. The zero-order valence-electron chi connectivity index (χ0n) is 12.9. The van der Waals surface area contributed by atoms with Gasteiger partial charge in [0.15, 0.2) is 0 Å². The van der Waals surface area contributed by atoms with E-state index in [1.807, 2.05) is 30.7 Å². The second-order valence-corrected chi connectivity index (χ2v) is 6.87. The van der Waals surface area contributed by atoms with Crippen molar-refractivity contribution in [3.63, 3.8) is 0 Å². The molecular weight excluding hydrogens is 350 g/mol. The Kier molecular flexibility index (Phi) is 5.47. The van der Waals surface area contributed by atoms with Crippen molar-refractivity contribution in [1.29, 1.82) is 0 Å². The first-order chi connectivity index (χ1) is 9.91. The maximum atomic E-state index is 6.44. The van der Waals surface area contributed by atoms with E-state index in [0.717, 1.165) is 45.2 Å². The summed E-state index contributed by atoms with van der Waals surface area (Å²) >= 11 is 10.0. The third kappa shape index (κ3) is 3.68. The van der Waals surface area contributed by atoms with Crippen molar-refractivity contribution >= 4 is 27.5 Å². The van der Waals surface area contributed by atoms with Crippen molar-refractivity contribution in [1.82, 2.24) is 15.1 Å². The van der Waals surface area contributed by atoms with Crippen LogP contribution in [0.15, 0.2) is 22.7 Å². The van der Waals surface area contributed by atoms with Gasteiger partial charge in [0.2, 0.25) is 0 Å². The first kappa shape index (κ1) is 16.5. The summed E-state index contributed by atoms with van der Waals surface area (Å²) in [7, 11) is 0. The van der Waals surface area contributed by atoms with Crippen molar-refractivity contribution in [3.05, 3.63) is 44.6 Å². The van der Waals surface area contributed by atoms with Crippen LogP contribution in [0.4, 0.5) is 0 Å². The molecule has 1 aromatic heterocycles. The first-order valence-corrected chi connectivity index (χ1v) is 8.29. The van der Waals surface area contributed by atoms with E-state index in [9.17, 15) is 0 Å². The Balaban J connectivity index is 2.40. The summed E-state index contributed by atoms with van der Waals surface area (Å²) in [5.41, 5.74) is 4.14. The molecule has 0 saturated carbocycles. The van der Waals surface area contributed by atoms with Gasteiger partial charge in [-0.05, 0) is 53.9 Å². The number of aromatic nitrogens is 2. The van der Waals surface area contributed by atoms with E-state index in [-0.39, 0.29) is 0 Å². The van der Waals surface area contributed by atoms with E-state index in [0.29, 0.717) is 5.92 Å². The van der Waals surface area contributed by atoms with Gasteiger partial charge in [-0.1, -0.05) is 37.6 Å². The molecule has 0 amide bonds. The van der Waals surface area contributed by atoms with Gasteiger partial charge in [-0.15, -0.1) is 0 Å². The van der Waals surface area contributed by atoms with Crippen molar-refractivity contribution in [2.24, 2.45) is 5.92 Å². The Labute approximate surface area is 139 Å². The first-order valence-electron chi connectivity index (χ1n) is 7.12. The number of rotatable bonds is 5. The van der Waals surface area contributed by atoms with Crippen molar-refractivity contribution in [2.75, 3.05) is 6.54 Å². The van der Waals surface area contributed by atoms with E-state index in [1.165, 1.54) is 0 Å². The van der Waals surface area contributed by atoms with Crippen molar-refractivity contribution in [3.8, 4) is 5.69 Å². The molecule has 0 unspecified atom stereocenters. The molecule has 114 valence electrons. The van der Waals surface area contributed by atoms with Crippen LogP contribution in [0.2, 0.25) is 5.02 Å². The minimum Gasteiger partial charge on any atom is -0.312 e. The quantitative estimate of drug-likeness (QED) is 0.830. The molecule has 1 N–H and O–H groups in total. The highest BCUT2D eigenvalue weighted by molar-refractivity contribution is 9.10. The Morgan fingerprint density at radius 3 is 2.62 bits per heavy atom. The molecule has 0 fully saturated rings. The van der Waals surface area contributed by atoms with Gasteiger partial charge in [-0.2, -0.15) is 5.10 Å². The average Bonchev–Trinajstić information content (AvgIpc) is 2.66. The fourth-order valence-electron chi connectivity index (χ4n) is 2.28. The summed E-state index contributed by atoms with van der Waals surface area (Å²) in [4.78, 5) is 0. The zero-order chi connectivity index (χ0) is 15.6. The van der Waals surface area contributed by atoms with E-state index in [1.54, 1.807) is 0 Å². The standard InChI is InChI=1S/C16H21BrClN3/c1-10(2)8-19-9-13-6-5-7-14(18)16(13)21-12(4)15(17)11(3)20-21/h5-7,10,19H,8-9H2,1-4H3. The number of para-hydroxylation sites is 1. The van der Waals surface area contributed by atoms with Gasteiger partial charge >= 0.3 is 0 Å². The number of hydrogen-bond acceptors (Lipinski definition) is 2. The van der Waals surface area contributed by atoms with Crippen LogP contribution < -0.4 is 5.32 Å². The predicted molar refractivity (Wildman–Crippen MR) is 92.3 cm³/mol. The normalized spacial score (nSPS) is 11.4. The maximum absolute atomic E-state index is 6.44. The lowest BCUT2D eigenvalue weighted by atomic mass is 10.1. The van der Waals surface area contributed by atoms with Crippen LogP contribution in [-0.2, 0) is 6.54 Å². The van der Waals surface area contributed by atoms with Crippen LogP contribution in [-0.4, -0.2) is 16.3 Å². The zero-order valence-corrected chi connectivity index (χ0v) is 15.2. The smallest absolute Gasteiger partial charge is 0.0880 e. The van der Waals surface area contributed by atoms with Crippen LogP contribution in [0.3, 0.4) is 0 Å². The molecular formula is C16H21BrClN3. The van der Waals surface area contributed by atoms with E-state index in [2.05, 4.69) is 46.3 Å². The van der Waals surface area contributed by atoms with Crippen molar-refractivity contribution < 1.29 is 0 Å². The third-order valence-corrected chi connectivity index (χ3v) is 4.81. The van der Waals surface area contributed by atoms with E-state index in [4.69, 9.17) is 11.6 Å². The van der Waals surface area contributed by atoms with Crippen LogP contribution in [0, 0.1) is 19.8 Å². The molecule has 0 atom stereocenters. The van der Waals surface area contributed by atoms with E-state index >= 15 is 0 Å². The summed E-state index contributed by atoms with van der Waals surface area (Å²) in [6, 6.07) is 5.99. The molecule has 5 heteroatoms. The number of nitrogens with zero attached hydrogens (tertiary/aromatic N) is 2. The molecule has 0 aliphatic rings. The summed E-state index contributed by atoms with van der Waals surface area (Å²) in [6.45, 7) is 10.2. The number of benzene rings is 1. The van der Waals surface area contributed by atoms with Crippen LogP contribution in [0.1, 0.15) is 30.8 Å². The largest absolute Gasteiger partial charge is 0.312 e. The van der Waals surface area contributed by atoms with Crippen molar-refractivity contribution in [2.45, 2.75) is 34.2 Å². The van der Waals surface area contributed by atoms with Crippen LogP contribution in [0.5, 0.6) is 0 Å². The Morgan fingerprint density at radius 1 is 1.33 bits per heavy atom. The van der Waals surface area contributed by atoms with Crippen LogP contribution >= 0.6 is 27.5 Å². The molecule has 2 aromatic rings. The topological polar surface area (TPSA) is 29.9 Å². The SMILES string of the molecule is Cc1nn(-c2c(Cl)cccc2CNCC(C)C)c(C)c1Br. The fourth-order valence-corrected chi connectivity index (χ4v) is 2.80. The van der Waals surface area contributed by atoms with Gasteiger partial charge in [0.1, 0.15) is 0 Å². The highest BCUT2D eigenvalue weighted by Gasteiger charge is 2.16. The Bertz CT molecular complexity index is 635. The van der Waals surface area contributed by atoms with Gasteiger partial charge in [0.05, 0.1) is 26.6 Å². The monoisotopic (exact) mass is 369 g/mol. The molecule has 0 aliphatic carbocycles. The molecule has 0 spiro atoms. The lowest BCUT2D eigenvalue weighted by Crippen LogP contribution is -2.20. The van der Waals surface area contributed by atoms with E-state index < -0.39 is 0 Å². The van der Waals surface area contributed by atoms with Crippen LogP contribution in [0.25, 0.3) is 5.69 Å². The lowest BCUT2D eigenvalue weighted by Gasteiger charge is -2.14. The van der Waals surface area contributed by atoms with Gasteiger partial charge in [0, 0.05) is 6.54 Å². The average molecular weight is 371 g/mol.